The van der Waals surface area contributed by atoms with Crippen molar-refractivity contribution in [3.05, 3.63) is 29.6 Å². The molecule has 1 atom stereocenters. The highest BCUT2D eigenvalue weighted by Gasteiger charge is 2.15. The van der Waals surface area contributed by atoms with Crippen LogP contribution in [0.5, 0.6) is 5.75 Å². The van der Waals surface area contributed by atoms with E-state index in [4.69, 9.17) is 4.74 Å². The molecule has 0 radical (unpaired) electrons. The number of hydrogen-bond donors (Lipinski definition) is 1. The molecule has 0 saturated carbocycles. The Morgan fingerprint density at radius 3 is 2.69 bits per heavy atom. The number of carbonyl (C=O) groups excluding carboxylic acids is 1. The van der Waals surface area contributed by atoms with Crippen LogP contribution in [0.25, 0.3) is 0 Å². The molecule has 0 aliphatic rings. The molecule has 0 fully saturated rings. The Kier molecular flexibility index (Phi) is 4.25. The molecule has 0 aliphatic heterocycles. The summed E-state index contributed by atoms with van der Waals surface area (Å²) in [7, 11) is 2.58. The van der Waals surface area contributed by atoms with Crippen LogP contribution in [0.1, 0.15) is 18.1 Å². The first kappa shape index (κ1) is 12.4. The summed E-state index contributed by atoms with van der Waals surface area (Å²) in [6.45, 7) is 0. The van der Waals surface area contributed by atoms with Crippen molar-refractivity contribution < 1.29 is 23.8 Å². The average molecular weight is 228 g/mol. The molecule has 5 heteroatoms. The molecule has 0 heterocycles. The van der Waals surface area contributed by atoms with Gasteiger partial charge in [-0.3, -0.25) is 4.79 Å². The van der Waals surface area contributed by atoms with E-state index in [0.717, 1.165) is 6.07 Å². The van der Waals surface area contributed by atoms with Crippen molar-refractivity contribution in [2.24, 2.45) is 0 Å². The van der Waals surface area contributed by atoms with E-state index >= 15 is 0 Å². The van der Waals surface area contributed by atoms with Crippen molar-refractivity contribution in [1.82, 2.24) is 0 Å². The summed E-state index contributed by atoms with van der Waals surface area (Å²) >= 11 is 0. The summed E-state index contributed by atoms with van der Waals surface area (Å²) in [6, 6.07) is 4.02. The summed E-state index contributed by atoms with van der Waals surface area (Å²) < 4.78 is 22.4. The van der Waals surface area contributed by atoms with Crippen LogP contribution in [0.15, 0.2) is 18.2 Å². The maximum absolute atomic E-state index is 13.3. The molecule has 0 unspecified atom stereocenters. The fraction of sp³-hybridized carbons (Fsp3) is 0.364. The normalized spacial score (nSPS) is 12.0. The third kappa shape index (κ3) is 2.93. The Bertz CT molecular complexity index is 378. The van der Waals surface area contributed by atoms with Crippen LogP contribution in [-0.4, -0.2) is 25.3 Å². The molecule has 0 bridgehead atoms. The van der Waals surface area contributed by atoms with Gasteiger partial charge < -0.3 is 14.6 Å². The zero-order valence-corrected chi connectivity index (χ0v) is 9.07. The minimum Gasteiger partial charge on any atom is -0.494 e. The van der Waals surface area contributed by atoms with E-state index in [9.17, 15) is 14.3 Å². The van der Waals surface area contributed by atoms with Gasteiger partial charge in [0.15, 0.2) is 11.6 Å². The van der Waals surface area contributed by atoms with Crippen molar-refractivity contribution in [3.63, 3.8) is 0 Å². The van der Waals surface area contributed by atoms with E-state index in [1.54, 1.807) is 0 Å². The van der Waals surface area contributed by atoms with Crippen molar-refractivity contribution in [1.29, 1.82) is 0 Å². The first-order chi connectivity index (χ1) is 7.58. The minimum atomic E-state index is -1.08. The summed E-state index contributed by atoms with van der Waals surface area (Å²) in [5.74, 6) is -1.04. The fourth-order valence-electron chi connectivity index (χ4n) is 1.25. The molecule has 1 rings (SSSR count). The lowest BCUT2D eigenvalue weighted by Crippen LogP contribution is -2.08. The molecule has 16 heavy (non-hydrogen) atoms. The van der Waals surface area contributed by atoms with E-state index in [-0.39, 0.29) is 12.2 Å². The Labute approximate surface area is 92.6 Å². The number of ether oxygens (including phenoxy) is 2. The van der Waals surface area contributed by atoms with E-state index in [2.05, 4.69) is 4.74 Å². The van der Waals surface area contributed by atoms with Gasteiger partial charge in [-0.15, -0.1) is 0 Å². The number of aliphatic hydroxyl groups excluding tert-OH is 1. The van der Waals surface area contributed by atoms with Gasteiger partial charge in [0.25, 0.3) is 0 Å². The van der Waals surface area contributed by atoms with Gasteiger partial charge in [-0.05, 0) is 17.7 Å². The maximum Gasteiger partial charge on any atom is 0.308 e. The van der Waals surface area contributed by atoms with Gasteiger partial charge in [-0.1, -0.05) is 6.07 Å². The van der Waals surface area contributed by atoms with Crippen LogP contribution in [0, 0.1) is 5.82 Å². The van der Waals surface area contributed by atoms with Crippen LogP contribution >= 0.6 is 0 Å². The highest BCUT2D eigenvalue weighted by atomic mass is 19.1. The Balaban J connectivity index is 2.80. The molecule has 0 aliphatic carbocycles. The lowest BCUT2D eigenvalue weighted by molar-refractivity contribution is -0.142. The van der Waals surface area contributed by atoms with Crippen LogP contribution in [0.2, 0.25) is 0 Å². The predicted molar refractivity (Wildman–Crippen MR) is 54.5 cm³/mol. The third-order valence-electron chi connectivity index (χ3n) is 2.15. The standard InChI is InChI=1S/C11H13FO4/c1-15-10-4-3-7(5-8(10)12)9(13)6-11(14)16-2/h3-5,9,13H,6H2,1-2H3/t9-/m1/s1. The monoisotopic (exact) mass is 228 g/mol. The van der Waals surface area contributed by atoms with Crippen LogP contribution in [0.4, 0.5) is 4.39 Å². The largest absolute Gasteiger partial charge is 0.494 e. The molecular weight excluding hydrogens is 215 g/mol. The molecule has 0 saturated heterocycles. The Morgan fingerprint density at radius 1 is 1.50 bits per heavy atom. The molecular formula is C11H13FO4. The van der Waals surface area contributed by atoms with Crippen molar-refractivity contribution in [2.75, 3.05) is 14.2 Å². The number of rotatable bonds is 4. The summed E-state index contributed by atoms with van der Waals surface area (Å²) in [4.78, 5) is 10.9. The second kappa shape index (κ2) is 5.46. The quantitative estimate of drug-likeness (QED) is 0.792. The van der Waals surface area contributed by atoms with Gasteiger partial charge >= 0.3 is 5.97 Å². The van der Waals surface area contributed by atoms with Gasteiger partial charge in [-0.2, -0.15) is 0 Å². The number of methoxy groups -OCH3 is 2. The van der Waals surface area contributed by atoms with Gasteiger partial charge in [-0.25, -0.2) is 4.39 Å². The summed E-state index contributed by atoms with van der Waals surface area (Å²) in [5.41, 5.74) is 0.309. The zero-order valence-electron chi connectivity index (χ0n) is 9.07. The summed E-state index contributed by atoms with van der Waals surface area (Å²) in [6.07, 6.45) is -1.28. The highest BCUT2D eigenvalue weighted by molar-refractivity contribution is 5.70. The number of carbonyl (C=O) groups is 1. The number of aliphatic hydroxyl groups is 1. The van der Waals surface area contributed by atoms with Crippen molar-refractivity contribution in [2.45, 2.75) is 12.5 Å². The first-order valence-electron chi connectivity index (χ1n) is 4.66. The highest BCUT2D eigenvalue weighted by Crippen LogP contribution is 2.23. The summed E-state index contributed by atoms with van der Waals surface area (Å²) in [5, 5.41) is 9.60. The lowest BCUT2D eigenvalue weighted by atomic mass is 10.1. The van der Waals surface area contributed by atoms with Crippen LogP contribution < -0.4 is 4.74 Å². The molecule has 1 N–H and O–H groups in total. The van der Waals surface area contributed by atoms with E-state index in [1.807, 2.05) is 0 Å². The van der Waals surface area contributed by atoms with Gasteiger partial charge in [0.05, 0.1) is 26.7 Å². The van der Waals surface area contributed by atoms with Crippen LogP contribution in [-0.2, 0) is 9.53 Å². The minimum absolute atomic E-state index is 0.0917. The molecule has 1 aromatic rings. The van der Waals surface area contributed by atoms with Crippen molar-refractivity contribution >= 4 is 5.97 Å². The van der Waals surface area contributed by atoms with E-state index in [1.165, 1.54) is 26.4 Å². The number of benzene rings is 1. The van der Waals surface area contributed by atoms with E-state index < -0.39 is 17.9 Å². The fourth-order valence-corrected chi connectivity index (χ4v) is 1.25. The van der Waals surface area contributed by atoms with Gasteiger partial charge in [0.1, 0.15) is 0 Å². The average Bonchev–Trinajstić information content (AvgIpc) is 2.28. The van der Waals surface area contributed by atoms with Crippen molar-refractivity contribution in [3.8, 4) is 5.75 Å². The molecule has 88 valence electrons. The number of esters is 1. The zero-order chi connectivity index (χ0) is 12.1. The van der Waals surface area contributed by atoms with Gasteiger partial charge in [0, 0.05) is 0 Å². The predicted octanol–water partition coefficient (Wildman–Crippen LogP) is 1.43. The molecule has 1 aromatic carbocycles. The number of hydrogen-bond acceptors (Lipinski definition) is 4. The Hall–Kier alpha value is -1.62. The lowest BCUT2D eigenvalue weighted by Gasteiger charge is -2.10. The Morgan fingerprint density at radius 2 is 2.19 bits per heavy atom. The maximum atomic E-state index is 13.3. The number of halogens is 1. The molecule has 0 amide bonds. The van der Waals surface area contributed by atoms with Gasteiger partial charge in [0.2, 0.25) is 0 Å². The second-order valence-electron chi connectivity index (χ2n) is 3.19. The SMILES string of the molecule is COC(=O)C[C@@H](O)c1ccc(OC)c(F)c1. The molecule has 0 aromatic heterocycles. The third-order valence-corrected chi connectivity index (χ3v) is 2.15. The molecule has 4 nitrogen and oxygen atoms in total. The second-order valence-corrected chi connectivity index (χ2v) is 3.19. The molecule has 0 spiro atoms. The van der Waals surface area contributed by atoms with Crippen LogP contribution in [0.3, 0.4) is 0 Å². The van der Waals surface area contributed by atoms with E-state index in [0.29, 0.717) is 5.56 Å². The first-order valence-corrected chi connectivity index (χ1v) is 4.66. The topological polar surface area (TPSA) is 55.8 Å². The smallest absolute Gasteiger partial charge is 0.308 e.